The Hall–Kier alpha value is -2.54. The van der Waals surface area contributed by atoms with Crippen molar-refractivity contribution < 1.29 is 14.6 Å². The highest BCUT2D eigenvalue weighted by Crippen LogP contribution is 2.50. The summed E-state index contributed by atoms with van der Waals surface area (Å²) in [5.41, 5.74) is 8.19. The van der Waals surface area contributed by atoms with Gasteiger partial charge in [-0.2, -0.15) is 0 Å². The number of carboxylic acid groups (broad SMARTS) is 1. The van der Waals surface area contributed by atoms with Gasteiger partial charge in [-0.1, -0.05) is 6.92 Å². The molecule has 1 saturated carbocycles. The predicted molar refractivity (Wildman–Crippen MR) is 104 cm³/mol. The average Bonchev–Trinajstić information content (AvgIpc) is 3.47. The summed E-state index contributed by atoms with van der Waals surface area (Å²) >= 11 is 0. The van der Waals surface area contributed by atoms with Gasteiger partial charge in [0.05, 0.1) is 23.7 Å². The zero-order valence-corrected chi connectivity index (χ0v) is 15.6. The number of nitrogens with two attached hydrogens (primary N) is 1. The number of anilines is 1. The average molecular weight is 371 g/mol. The molecule has 0 spiro atoms. The number of benzene rings is 1. The number of piperidine rings is 1. The highest BCUT2D eigenvalue weighted by Gasteiger charge is 2.34. The van der Waals surface area contributed by atoms with Gasteiger partial charge < -0.3 is 25.5 Å². The van der Waals surface area contributed by atoms with Crippen molar-refractivity contribution >= 4 is 22.6 Å². The van der Waals surface area contributed by atoms with Gasteiger partial charge in [-0.25, -0.2) is 4.79 Å². The molecule has 2 unspecified atom stereocenters. The number of methoxy groups -OCH3 is 1. The van der Waals surface area contributed by atoms with Crippen LogP contribution in [0.25, 0.3) is 10.9 Å². The summed E-state index contributed by atoms with van der Waals surface area (Å²) in [5.74, 6) is 0.215. The summed E-state index contributed by atoms with van der Waals surface area (Å²) in [4.78, 5) is 29.3. The first-order valence-electron chi connectivity index (χ1n) is 9.42. The number of hydrogen-bond donors (Lipinski definition) is 3. The molecule has 0 amide bonds. The van der Waals surface area contributed by atoms with E-state index in [-0.39, 0.29) is 11.6 Å². The topological polar surface area (TPSA) is 109 Å². The van der Waals surface area contributed by atoms with Crippen molar-refractivity contribution in [3.8, 4) is 5.75 Å². The van der Waals surface area contributed by atoms with Crippen molar-refractivity contribution in [2.45, 2.75) is 38.1 Å². The summed E-state index contributed by atoms with van der Waals surface area (Å²) < 4.78 is 5.75. The minimum Gasteiger partial charge on any atom is -0.492 e. The Bertz CT molecular complexity index is 964. The number of nitrogens with zero attached hydrogens (tertiary/aromatic N) is 1. The van der Waals surface area contributed by atoms with Crippen LogP contribution < -0.4 is 20.8 Å². The van der Waals surface area contributed by atoms with E-state index in [4.69, 9.17) is 10.5 Å². The lowest BCUT2D eigenvalue weighted by molar-refractivity contribution is 0.0695. The van der Waals surface area contributed by atoms with Crippen LogP contribution in [0.1, 0.15) is 48.0 Å². The number of aromatic carboxylic acids is 1. The molecule has 4 N–H and O–H groups in total. The molecule has 1 saturated heterocycles. The van der Waals surface area contributed by atoms with Crippen molar-refractivity contribution in [1.29, 1.82) is 0 Å². The first-order chi connectivity index (χ1) is 12.9. The van der Waals surface area contributed by atoms with E-state index in [1.165, 1.54) is 6.20 Å². The van der Waals surface area contributed by atoms with Crippen LogP contribution >= 0.6 is 0 Å². The summed E-state index contributed by atoms with van der Waals surface area (Å²) in [5, 5.41) is 9.65. The van der Waals surface area contributed by atoms with Gasteiger partial charge >= 0.3 is 5.97 Å². The minimum absolute atomic E-state index is 0.0830. The Balaban J connectivity index is 1.95. The molecule has 2 heterocycles. The third kappa shape index (κ3) is 2.96. The lowest BCUT2D eigenvalue weighted by Crippen LogP contribution is -2.48. The SMILES string of the molecule is COc1c(N2CCC(C)C(N)C2)c(C2CC2)cc2c(=O)c(C(=O)O)c[nH]c12. The van der Waals surface area contributed by atoms with E-state index in [1.54, 1.807) is 7.11 Å². The van der Waals surface area contributed by atoms with Gasteiger partial charge in [-0.15, -0.1) is 0 Å². The Labute approximate surface area is 157 Å². The molecule has 4 rings (SSSR count). The number of hydrogen-bond acceptors (Lipinski definition) is 5. The zero-order valence-electron chi connectivity index (χ0n) is 15.6. The maximum absolute atomic E-state index is 12.7. The second-order valence-corrected chi connectivity index (χ2v) is 7.76. The molecule has 1 aliphatic carbocycles. The highest BCUT2D eigenvalue weighted by molar-refractivity contribution is 5.97. The smallest absolute Gasteiger partial charge is 0.341 e. The van der Waals surface area contributed by atoms with Crippen molar-refractivity contribution in [3.63, 3.8) is 0 Å². The van der Waals surface area contributed by atoms with Gasteiger partial charge in [-0.3, -0.25) is 4.79 Å². The largest absolute Gasteiger partial charge is 0.492 e. The van der Waals surface area contributed by atoms with Crippen LogP contribution in [-0.4, -0.2) is 42.3 Å². The Kier molecular flexibility index (Phi) is 4.34. The molecule has 1 aliphatic heterocycles. The number of carboxylic acids is 1. The molecule has 2 fully saturated rings. The van der Waals surface area contributed by atoms with Crippen molar-refractivity contribution in [2.24, 2.45) is 11.7 Å². The van der Waals surface area contributed by atoms with Crippen LogP contribution in [0.2, 0.25) is 0 Å². The zero-order chi connectivity index (χ0) is 19.3. The van der Waals surface area contributed by atoms with Gasteiger partial charge in [0.2, 0.25) is 5.43 Å². The molecule has 1 aromatic heterocycles. The van der Waals surface area contributed by atoms with Gasteiger partial charge in [0.25, 0.3) is 0 Å². The van der Waals surface area contributed by atoms with E-state index in [9.17, 15) is 14.7 Å². The Morgan fingerprint density at radius 2 is 2.11 bits per heavy atom. The molecule has 7 nitrogen and oxygen atoms in total. The number of aromatic amines is 1. The van der Waals surface area contributed by atoms with E-state index in [2.05, 4.69) is 16.8 Å². The molecular weight excluding hydrogens is 346 g/mol. The van der Waals surface area contributed by atoms with Crippen molar-refractivity contribution in [3.05, 3.63) is 33.6 Å². The summed E-state index contributed by atoms with van der Waals surface area (Å²) in [6.45, 7) is 3.79. The van der Waals surface area contributed by atoms with Crippen LogP contribution in [0, 0.1) is 5.92 Å². The second kappa shape index (κ2) is 6.56. The van der Waals surface area contributed by atoms with E-state index in [0.717, 1.165) is 43.6 Å². The summed E-state index contributed by atoms with van der Waals surface area (Å²) in [7, 11) is 1.59. The van der Waals surface area contributed by atoms with Crippen LogP contribution in [0.15, 0.2) is 17.1 Å². The van der Waals surface area contributed by atoms with Gasteiger partial charge in [-0.05, 0) is 42.7 Å². The lowest BCUT2D eigenvalue weighted by atomic mass is 9.92. The lowest BCUT2D eigenvalue weighted by Gasteiger charge is -2.38. The number of pyridine rings is 1. The van der Waals surface area contributed by atoms with Gasteiger partial charge in [0.15, 0.2) is 5.75 Å². The molecular formula is C20H25N3O4. The number of ether oxygens (including phenoxy) is 1. The molecule has 7 heteroatoms. The molecule has 2 aromatic rings. The van der Waals surface area contributed by atoms with Crippen LogP contribution in [-0.2, 0) is 0 Å². The number of carbonyl (C=O) groups is 1. The maximum atomic E-state index is 12.7. The van der Waals surface area contributed by atoms with Crippen LogP contribution in [0.3, 0.4) is 0 Å². The van der Waals surface area contributed by atoms with E-state index >= 15 is 0 Å². The summed E-state index contributed by atoms with van der Waals surface area (Å²) in [6.07, 6.45) is 4.38. The monoisotopic (exact) mass is 371 g/mol. The maximum Gasteiger partial charge on any atom is 0.341 e. The predicted octanol–water partition coefficient (Wildman–Crippen LogP) is 2.29. The Morgan fingerprint density at radius 1 is 1.37 bits per heavy atom. The van der Waals surface area contributed by atoms with Gasteiger partial charge in [0, 0.05) is 25.3 Å². The number of aromatic nitrogens is 1. The second-order valence-electron chi connectivity index (χ2n) is 7.76. The fraction of sp³-hybridized carbons (Fsp3) is 0.500. The number of fused-ring (bicyclic) bond motifs is 1. The summed E-state index contributed by atoms with van der Waals surface area (Å²) in [6, 6.07) is 1.94. The van der Waals surface area contributed by atoms with Gasteiger partial charge in [0.1, 0.15) is 5.56 Å². The first-order valence-corrected chi connectivity index (χ1v) is 9.42. The standard InChI is InChI=1S/C20H25N3O4/c1-10-5-6-23(9-15(10)21)17-12(11-3-4-11)7-13-16(19(17)27-2)22-8-14(18(13)24)20(25)26/h7-8,10-11,15H,3-6,9,21H2,1-2H3,(H,22,24)(H,25,26). The molecule has 0 radical (unpaired) electrons. The molecule has 0 bridgehead atoms. The number of H-pyrrole nitrogens is 1. The molecule has 2 atom stereocenters. The fourth-order valence-corrected chi connectivity index (χ4v) is 4.04. The Morgan fingerprint density at radius 3 is 2.70 bits per heavy atom. The minimum atomic E-state index is -1.23. The third-order valence-electron chi connectivity index (χ3n) is 5.92. The molecule has 27 heavy (non-hydrogen) atoms. The van der Waals surface area contributed by atoms with Crippen molar-refractivity contribution in [2.75, 3.05) is 25.1 Å². The molecule has 2 aliphatic rings. The van der Waals surface area contributed by atoms with E-state index in [0.29, 0.717) is 28.5 Å². The number of nitrogens with one attached hydrogen (secondary N) is 1. The molecule has 144 valence electrons. The highest BCUT2D eigenvalue weighted by atomic mass is 16.5. The number of rotatable bonds is 4. The van der Waals surface area contributed by atoms with E-state index in [1.807, 2.05) is 6.07 Å². The van der Waals surface area contributed by atoms with Crippen LogP contribution in [0.5, 0.6) is 5.75 Å². The van der Waals surface area contributed by atoms with Crippen molar-refractivity contribution in [1.82, 2.24) is 4.98 Å². The quantitative estimate of drug-likeness (QED) is 0.761. The third-order valence-corrected chi connectivity index (χ3v) is 5.92. The normalized spacial score (nSPS) is 22.9. The first kappa shape index (κ1) is 17.9. The fourth-order valence-electron chi connectivity index (χ4n) is 4.04. The van der Waals surface area contributed by atoms with Crippen LogP contribution in [0.4, 0.5) is 5.69 Å². The molecule has 1 aromatic carbocycles. The van der Waals surface area contributed by atoms with E-state index < -0.39 is 11.4 Å².